The molecule has 3 aromatic rings. The van der Waals surface area contributed by atoms with Crippen LogP contribution >= 0.6 is 0 Å². The van der Waals surface area contributed by atoms with E-state index in [0.29, 0.717) is 6.04 Å². The van der Waals surface area contributed by atoms with E-state index in [1.807, 2.05) is 19.4 Å². The lowest BCUT2D eigenvalue weighted by atomic mass is 10.00. The minimum atomic E-state index is -0.799. The van der Waals surface area contributed by atoms with Gasteiger partial charge in [-0.3, -0.25) is 4.79 Å². The van der Waals surface area contributed by atoms with Crippen molar-refractivity contribution in [1.29, 1.82) is 0 Å². The molecule has 1 atom stereocenters. The van der Waals surface area contributed by atoms with Crippen LogP contribution in [0.4, 0.5) is 8.78 Å². The van der Waals surface area contributed by atoms with Gasteiger partial charge in [-0.25, -0.2) is 13.8 Å². The largest absolute Gasteiger partial charge is 0.336 e. The normalized spacial score (nSPS) is 18.8. The van der Waals surface area contributed by atoms with E-state index in [1.165, 1.54) is 29.8 Å². The quantitative estimate of drug-likeness (QED) is 0.469. The second-order valence-electron chi connectivity index (χ2n) is 8.60. The molecular weight excluding hydrogens is 420 g/mol. The summed E-state index contributed by atoms with van der Waals surface area (Å²) in [5.74, 6) is -1.35. The van der Waals surface area contributed by atoms with Crippen molar-refractivity contribution in [3.05, 3.63) is 89.0 Å². The Morgan fingerprint density at radius 2 is 1.88 bits per heavy atom. The number of hydrogen-bond donors (Lipinski definition) is 0. The van der Waals surface area contributed by atoms with Gasteiger partial charge in [-0.2, -0.15) is 0 Å². The SMILES string of the molecule is CCc1cc(/C=C2\C[C@@H]3CCCCN3C2=O)ccc1-n1cnc(C)c1.Fc1ccccc1F. The van der Waals surface area contributed by atoms with Crippen molar-refractivity contribution in [3.63, 3.8) is 0 Å². The number of amides is 1. The molecule has 1 aromatic heterocycles. The Balaban J connectivity index is 0.000000275. The molecule has 2 saturated heterocycles. The van der Waals surface area contributed by atoms with E-state index in [0.717, 1.165) is 61.2 Å². The molecule has 0 spiro atoms. The first kappa shape index (κ1) is 22.9. The molecular formula is C27H29F2N3O. The highest BCUT2D eigenvalue weighted by molar-refractivity contribution is 6.00. The standard InChI is InChI=1S/C21H25N3O.C6H4F2/c1-3-17-10-16(7-8-20(17)23-13-15(2)22-14-23)11-18-12-19-6-4-5-9-24(19)21(18)25;7-5-3-1-2-4-6(5)8/h7-8,10-11,13-14,19H,3-6,9,12H2,1-2H3;1-4H/b18-11+;/t19-;/m0./s1. The highest BCUT2D eigenvalue weighted by Crippen LogP contribution is 2.32. The summed E-state index contributed by atoms with van der Waals surface area (Å²) < 4.78 is 26.0. The van der Waals surface area contributed by atoms with E-state index in [1.54, 1.807) is 0 Å². The minimum Gasteiger partial charge on any atom is -0.336 e. The number of hydrogen-bond acceptors (Lipinski definition) is 2. The Morgan fingerprint density at radius 3 is 2.48 bits per heavy atom. The number of halogens is 2. The molecule has 2 aromatic carbocycles. The Morgan fingerprint density at radius 1 is 1.12 bits per heavy atom. The molecule has 172 valence electrons. The molecule has 4 nitrogen and oxygen atoms in total. The van der Waals surface area contributed by atoms with Crippen molar-refractivity contribution in [3.8, 4) is 5.69 Å². The molecule has 0 saturated carbocycles. The van der Waals surface area contributed by atoms with Gasteiger partial charge in [0.15, 0.2) is 11.6 Å². The third-order valence-electron chi connectivity index (χ3n) is 6.26. The summed E-state index contributed by atoms with van der Waals surface area (Å²) in [4.78, 5) is 19.0. The van der Waals surface area contributed by atoms with Crippen LogP contribution in [0.2, 0.25) is 0 Å². The van der Waals surface area contributed by atoms with Crippen LogP contribution in [0.1, 0.15) is 49.4 Å². The molecule has 1 amide bonds. The van der Waals surface area contributed by atoms with Crippen molar-refractivity contribution in [2.45, 2.75) is 52.0 Å². The van der Waals surface area contributed by atoms with Gasteiger partial charge < -0.3 is 9.47 Å². The number of piperidine rings is 1. The lowest BCUT2D eigenvalue weighted by Crippen LogP contribution is -2.37. The van der Waals surface area contributed by atoms with E-state index in [9.17, 15) is 13.6 Å². The topological polar surface area (TPSA) is 38.1 Å². The Hall–Kier alpha value is -3.28. The van der Waals surface area contributed by atoms with Gasteiger partial charge >= 0.3 is 0 Å². The van der Waals surface area contributed by atoms with Crippen LogP contribution in [0.25, 0.3) is 11.8 Å². The van der Waals surface area contributed by atoms with E-state index >= 15 is 0 Å². The maximum atomic E-state index is 12.6. The number of nitrogens with zero attached hydrogens (tertiary/aromatic N) is 3. The molecule has 0 radical (unpaired) electrons. The van der Waals surface area contributed by atoms with Crippen LogP contribution in [-0.2, 0) is 11.2 Å². The molecule has 0 N–H and O–H groups in total. The highest BCUT2D eigenvalue weighted by atomic mass is 19.2. The zero-order valence-corrected chi connectivity index (χ0v) is 19.1. The smallest absolute Gasteiger partial charge is 0.250 e. The van der Waals surface area contributed by atoms with Gasteiger partial charge in [0.1, 0.15) is 0 Å². The number of aryl methyl sites for hydroxylation is 2. The first-order valence-corrected chi connectivity index (χ1v) is 11.5. The number of benzene rings is 2. The third-order valence-corrected chi connectivity index (χ3v) is 6.26. The Labute approximate surface area is 193 Å². The Kier molecular flexibility index (Phi) is 7.02. The van der Waals surface area contributed by atoms with Crippen LogP contribution < -0.4 is 0 Å². The van der Waals surface area contributed by atoms with Crippen molar-refractivity contribution in [2.24, 2.45) is 0 Å². The van der Waals surface area contributed by atoms with Crippen molar-refractivity contribution in [1.82, 2.24) is 14.5 Å². The number of aromatic nitrogens is 2. The average molecular weight is 450 g/mol. The van der Waals surface area contributed by atoms with Crippen LogP contribution in [-0.4, -0.2) is 32.9 Å². The molecule has 2 fully saturated rings. The van der Waals surface area contributed by atoms with E-state index in [-0.39, 0.29) is 5.91 Å². The Bertz CT molecular complexity index is 1150. The fraction of sp³-hybridized carbons (Fsp3) is 0.333. The molecule has 0 bridgehead atoms. The van der Waals surface area contributed by atoms with Crippen LogP contribution in [0.3, 0.4) is 0 Å². The summed E-state index contributed by atoms with van der Waals surface area (Å²) in [6.07, 6.45) is 11.4. The number of imidazole rings is 1. The van der Waals surface area contributed by atoms with Gasteiger partial charge in [0.25, 0.3) is 0 Å². The highest BCUT2D eigenvalue weighted by Gasteiger charge is 2.36. The van der Waals surface area contributed by atoms with E-state index in [2.05, 4.69) is 45.6 Å². The fourth-order valence-corrected chi connectivity index (χ4v) is 4.55. The van der Waals surface area contributed by atoms with Crippen LogP contribution in [0.5, 0.6) is 0 Å². The summed E-state index contributed by atoms with van der Waals surface area (Å²) in [6.45, 7) is 5.10. The first-order chi connectivity index (χ1) is 16.0. The van der Waals surface area contributed by atoms with Gasteiger partial charge in [0, 0.05) is 30.0 Å². The maximum absolute atomic E-state index is 12.6. The molecule has 0 aliphatic carbocycles. The molecule has 6 heteroatoms. The van der Waals surface area contributed by atoms with Crippen LogP contribution in [0.15, 0.2) is 60.6 Å². The summed E-state index contributed by atoms with van der Waals surface area (Å²) >= 11 is 0. The van der Waals surface area contributed by atoms with Crippen molar-refractivity contribution < 1.29 is 13.6 Å². The molecule has 2 aliphatic rings. The summed E-state index contributed by atoms with van der Waals surface area (Å²) in [7, 11) is 0. The monoisotopic (exact) mass is 449 g/mol. The summed E-state index contributed by atoms with van der Waals surface area (Å²) in [5.41, 5.74) is 5.55. The van der Waals surface area contributed by atoms with E-state index in [4.69, 9.17) is 0 Å². The minimum absolute atomic E-state index is 0.247. The van der Waals surface area contributed by atoms with Gasteiger partial charge in [-0.15, -0.1) is 0 Å². The molecule has 3 heterocycles. The van der Waals surface area contributed by atoms with Gasteiger partial charge in [0.2, 0.25) is 5.91 Å². The lowest BCUT2D eigenvalue weighted by molar-refractivity contribution is -0.127. The number of carbonyl (C=O) groups is 1. The fourth-order valence-electron chi connectivity index (χ4n) is 4.55. The molecule has 33 heavy (non-hydrogen) atoms. The number of fused-ring (bicyclic) bond motifs is 1. The van der Waals surface area contributed by atoms with Gasteiger partial charge in [-0.05, 0) is 80.5 Å². The van der Waals surface area contributed by atoms with Gasteiger partial charge in [-0.1, -0.05) is 25.1 Å². The average Bonchev–Trinajstić information content (AvgIpc) is 3.39. The number of carbonyl (C=O) groups excluding carboxylic acids is 1. The second-order valence-corrected chi connectivity index (χ2v) is 8.60. The predicted molar refractivity (Wildman–Crippen MR) is 126 cm³/mol. The number of rotatable bonds is 3. The summed E-state index contributed by atoms with van der Waals surface area (Å²) in [6, 6.07) is 11.9. The summed E-state index contributed by atoms with van der Waals surface area (Å²) in [5, 5.41) is 0. The zero-order valence-electron chi connectivity index (χ0n) is 19.1. The second kappa shape index (κ2) is 10.1. The zero-order chi connectivity index (χ0) is 23.4. The maximum Gasteiger partial charge on any atom is 0.250 e. The van der Waals surface area contributed by atoms with Crippen molar-refractivity contribution in [2.75, 3.05) is 6.54 Å². The molecule has 0 unspecified atom stereocenters. The third kappa shape index (κ3) is 5.21. The lowest BCUT2D eigenvalue weighted by Gasteiger charge is -2.28. The van der Waals surface area contributed by atoms with Crippen LogP contribution in [0, 0.1) is 18.6 Å². The molecule has 2 aliphatic heterocycles. The van der Waals surface area contributed by atoms with Crippen molar-refractivity contribution >= 4 is 12.0 Å². The van der Waals surface area contributed by atoms with Gasteiger partial charge in [0.05, 0.1) is 12.0 Å². The predicted octanol–water partition coefficient (Wildman–Crippen LogP) is 5.88. The van der Waals surface area contributed by atoms with E-state index < -0.39 is 11.6 Å². The first-order valence-electron chi connectivity index (χ1n) is 11.5. The molecule has 5 rings (SSSR count).